The van der Waals surface area contributed by atoms with Crippen LogP contribution in [0.1, 0.15) is 31.0 Å². The van der Waals surface area contributed by atoms with Crippen LogP contribution in [0.15, 0.2) is 18.5 Å². The molecule has 1 saturated heterocycles. The van der Waals surface area contributed by atoms with Crippen molar-refractivity contribution in [2.75, 3.05) is 13.2 Å². The van der Waals surface area contributed by atoms with Gasteiger partial charge in [-0.1, -0.05) is 0 Å². The number of nitrogens with one attached hydrogen (secondary N) is 1. The minimum absolute atomic E-state index is 0.000181. The van der Waals surface area contributed by atoms with Crippen molar-refractivity contribution in [3.63, 3.8) is 0 Å². The monoisotopic (exact) mass is 260 g/mol. The molecule has 5 nitrogen and oxygen atoms in total. The van der Waals surface area contributed by atoms with Gasteiger partial charge < -0.3 is 10.1 Å². The van der Waals surface area contributed by atoms with Crippen molar-refractivity contribution >= 4 is 5.65 Å². The first-order valence-corrected chi connectivity index (χ1v) is 6.80. The Labute approximate surface area is 113 Å². The lowest BCUT2D eigenvalue weighted by atomic mass is 10.0. The highest BCUT2D eigenvalue weighted by Crippen LogP contribution is 2.23. The Kier molecular flexibility index (Phi) is 3.24. The van der Waals surface area contributed by atoms with E-state index in [1.54, 1.807) is 0 Å². The molecule has 19 heavy (non-hydrogen) atoms. The smallest absolute Gasteiger partial charge is 0.155 e. The Morgan fingerprint density at radius 2 is 2.42 bits per heavy atom. The first kappa shape index (κ1) is 12.6. The van der Waals surface area contributed by atoms with Crippen LogP contribution >= 0.6 is 0 Å². The van der Waals surface area contributed by atoms with Gasteiger partial charge in [-0.15, -0.1) is 0 Å². The third-order valence-corrected chi connectivity index (χ3v) is 3.62. The summed E-state index contributed by atoms with van der Waals surface area (Å²) >= 11 is 0. The fraction of sp³-hybridized carbons (Fsp3) is 0.571. The number of hydrogen-bond acceptors (Lipinski definition) is 4. The minimum Gasteiger partial charge on any atom is -0.374 e. The minimum atomic E-state index is -0.000181. The van der Waals surface area contributed by atoms with Crippen LogP contribution in [-0.4, -0.2) is 33.4 Å². The predicted octanol–water partition coefficient (Wildman–Crippen LogP) is 1.70. The number of hydrogen-bond donors (Lipinski definition) is 1. The molecule has 0 spiro atoms. The zero-order valence-electron chi connectivity index (χ0n) is 11.5. The average molecular weight is 260 g/mol. The molecule has 0 bridgehead atoms. The van der Waals surface area contributed by atoms with Crippen LogP contribution in [0.2, 0.25) is 0 Å². The SMILES string of the molecule is Cc1cc2ncc(CNCC3(C)CCCO3)cn2n1. The standard InChI is InChI=1S/C14H20N4O/c1-11-6-13-16-8-12(9-18(13)17-11)7-15-10-14(2)4-3-5-19-14/h6,8-9,15H,3-5,7,10H2,1-2H3. The first-order valence-electron chi connectivity index (χ1n) is 6.80. The van der Waals surface area contributed by atoms with Gasteiger partial charge in [0.1, 0.15) is 0 Å². The van der Waals surface area contributed by atoms with Crippen molar-refractivity contribution in [1.29, 1.82) is 0 Å². The van der Waals surface area contributed by atoms with E-state index in [1.807, 2.05) is 29.9 Å². The molecule has 0 aliphatic carbocycles. The number of nitrogens with zero attached hydrogens (tertiary/aromatic N) is 3. The molecule has 0 aromatic carbocycles. The van der Waals surface area contributed by atoms with Gasteiger partial charge in [-0.25, -0.2) is 9.50 Å². The van der Waals surface area contributed by atoms with E-state index < -0.39 is 0 Å². The summed E-state index contributed by atoms with van der Waals surface area (Å²) in [6.45, 7) is 6.71. The molecule has 0 amide bonds. The van der Waals surface area contributed by atoms with E-state index in [0.29, 0.717) is 0 Å². The van der Waals surface area contributed by atoms with Gasteiger partial charge in [0.2, 0.25) is 0 Å². The lowest BCUT2D eigenvalue weighted by Crippen LogP contribution is -2.36. The molecule has 2 aromatic rings. The fourth-order valence-electron chi connectivity index (χ4n) is 2.57. The quantitative estimate of drug-likeness (QED) is 0.909. The Bertz CT molecular complexity index is 572. The van der Waals surface area contributed by atoms with E-state index in [2.05, 4.69) is 22.3 Å². The number of aromatic nitrogens is 3. The maximum Gasteiger partial charge on any atom is 0.155 e. The summed E-state index contributed by atoms with van der Waals surface area (Å²) in [5.41, 5.74) is 3.02. The fourth-order valence-corrected chi connectivity index (χ4v) is 2.57. The molecule has 0 saturated carbocycles. The second-order valence-corrected chi connectivity index (χ2v) is 5.56. The number of fused-ring (bicyclic) bond motifs is 1. The number of ether oxygens (including phenoxy) is 1. The highest BCUT2D eigenvalue weighted by atomic mass is 16.5. The highest BCUT2D eigenvalue weighted by Gasteiger charge is 2.28. The van der Waals surface area contributed by atoms with Crippen LogP contribution < -0.4 is 5.32 Å². The van der Waals surface area contributed by atoms with E-state index >= 15 is 0 Å². The van der Waals surface area contributed by atoms with Crippen LogP contribution in [0, 0.1) is 6.92 Å². The van der Waals surface area contributed by atoms with Crippen molar-refractivity contribution in [3.8, 4) is 0 Å². The van der Waals surface area contributed by atoms with E-state index in [4.69, 9.17) is 4.74 Å². The molecule has 1 fully saturated rings. The van der Waals surface area contributed by atoms with Crippen LogP contribution in [0.25, 0.3) is 5.65 Å². The summed E-state index contributed by atoms with van der Waals surface area (Å²) in [5.74, 6) is 0. The zero-order valence-corrected chi connectivity index (χ0v) is 11.5. The largest absolute Gasteiger partial charge is 0.374 e. The molecule has 102 valence electrons. The third kappa shape index (κ3) is 2.77. The predicted molar refractivity (Wildman–Crippen MR) is 73.0 cm³/mol. The summed E-state index contributed by atoms with van der Waals surface area (Å²) in [6, 6.07) is 1.98. The summed E-state index contributed by atoms with van der Waals surface area (Å²) in [5, 5.41) is 7.82. The van der Waals surface area contributed by atoms with Gasteiger partial charge in [-0.05, 0) is 26.7 Å². The topological polar surface area (TPSA) is 51.5 Å². The van der Waals surface area contributed by atoms with Gasteiger partial charge in [-0.2, -0.15) is 5.10 Å². The molecule has 1 aliphatic heterocycles. The molecule has 1 unspecified atom stereocenters. The average Bonchev–Trinajstić information content (AvgIpc) is 2.94. The van der Waals surface area contributed by atoms with Gasteiger partial charge in [-0.3, -0.25) is 0 Å². The molecule has 1 N–H and O–H groups in total. The molecular formula is C14H20N4O. The summed E-state index contributed by atoms with van der Waals surface area (Å²) < 4.78 is 7.59. The van der Waals surface area contributed by atoms with E-state index in [-0.39, 0.29) is 5.60 Å². The van der Waals surface area contributed by atoms with Crippen LogP contribution in [0.5, 0.6) is 0 Å². The van der Waals surface area contributed by atoms with Gasteiger partial charge in [0.05, 0.1) is 11.3 Å². The van der Waals surface area contributed by atoms with Crippen molar-refractivity contribution in [2.45, 2.75) is 38.8 Å². The maximum atomic E-state index is 5.76. The molecule has 2 aromatic heterocycles. The van der Waals surface area contributed by atoms with Gasteiger partial charge in [0, 0.05) is 43.7 Å². The second kappa shape index (κ2) is 4.90. The maximum absolute atomic E-state index is 5.76. The van der Waals surface area contributed by atoms with Crippen LogP contribution in [-0.2, 0) is 11.3 Å². The normalized spacial score (nSPS) is 23.3. The number of rotatable bonds is 4. The lowest BCUT2D eigenvalue weighted by Gasteiger charge is -2.23. The van der Waals surface area contributed by atoms with Gasteiger partial charge >= 0.3 is 0 Å². The summed E-state index contributed by atoms with van der Waals surface area (Å²) in [7, 11) is 0. The molecule has 5 heteroatoms. The van der Waals surface area contributed by atoms with Crippen molar-refractivity contribution in [2.24, 2.45) is 0 Å². The van der Waals surface area contributed by atoms with Gasteiger partial charge in [0.15, 0.2) is 5.65 Å². The Hall–Kier alpha value is -1.46. The van der Waals surface area contributed by atoms with E-state index in [1.165, 1.54) is 0 Å². The van der Waals surface area contributed by atoms with Crippen LogP contribution in [0.4, 0.5) is 0 Å². The lowest BCUT2D eigenvalue weighted by molar-refractivity contribution is 0.0206. The Morgan fingerprint density at radius 1 is 1.53 bits per heavy atom. The van der Waals surface area contributed by atoms with Crippen molar-refractivity contribution in [3.05, 3.63) is 29.7 Å². The Morgan fingerprint density at radius 3 is 3.21 bits per heavy atom. The second-order valence-electron chi connectivity index (χ2n) is 5.56. The molecule has 1 aliphatic rings. The van der Waals surface area contributed by atoms with E-state index in [0.717, 1.165) is 49.4 Å². The van der Waals surface area contributed by atoms with Crippen molar-refractivity contribution < 1.29 is 4.74 Å². The summed E-state index contributed by atoms with van der Waals surface area (Å²) in [6.07, 6.45) is 6.23. The molecule has 0 radical (unpaired) electrons. The highest BCUT2D eigenvalue weighted by molar-refractivity contribution is 5.38. The molecule has 1 atom stereocenters. The number of aryl methyl sites for hydroxylation is 1. The van der Waals surface area contributed by atoms with Gasteiger partial charge in [0.25, 0.3) is 0 Å². The van der Waals surface area contributed by atoms with Crippen LogP contribution in [0.3, 0.4) is 0 Å². The zero-order chi connectivity index (χ0) is 13.3. The van der Waals surface area contributed by atoms with Crippen molar-refractivity contribution in [1.82, 2.24) is 19.9 Å². The summed E-state index contributed by atoms with van der Waals surface area (Å²) in [4.78, 5) is 4.40. The van der Waals surface area contributed by atoms with E-state index in [9.17, 15) is 0 Å². The first-order chi connectivity index (χ1) is 9.15. The third-order valence-electron chi connectivity index (χ3n) is 3.62. The molecular weight excluding hydrogens is 240 g/mol. The molecule has 3 rings (SSSR count). The Balaban J connectivity index is 1.61. The molecule has 3 heterocycles.